The summed E-state index contributed by atoms with van der Waals surface area (Å²) in [6.45, 7) is 4.21. The van der Waals surface area contributed by atoms with Crippen LogP contribution in [0.4, 0.5) is 18.9 Å². The number of hydrogen-bond donors (Lipinski definition) is 1. The Morgan fingerprint density at radius 1 is 0.846 bits per heavy atom. The normalized spacial score (nSPS) is 11.3. The fraction of sp³-hybridized carbons (Fsp3) is 0.100. The van der Waals surface area contributed by atoms with Crippen molar-refractivity contribution < 1.29 is 17.9 Å². The van der Waals surface area contributed by atoms with Gasteiger partial charge in [-0.2, -0.15) is 0 Å². The molecule has 5 nitrogen and oxygen atoms in total. The lowest BCUT2D eigenvalue weighted by Crippen LogP contribution is -2.17. The van der Waals surface area contributed by atoms with Crippen molar-refractivity contribution in [2.24, 2.45) is 0 Å². The van der Waals surface area contributed by atoms with Crippen LogP contribution >= 0.6 is 12.2 Å². The first-order chi connectivity index (χ1) is 18.7. The number of halogens is 3. The molecule has 1 N–H and O–H groups in total. The Morgan fingerprint density at radius 2 is 1.51 bits per heavy atom. The molecule has 4 aromatic carbocycles. The summed E-state index contributed by atoms with van der Waals surface area (Å²) in [5, 5.41) is 7.73. The molecule has 9 heteroatoms. The lowest BCUT2D eigenvalue weighted by atomic mass is 9.94. The average molecular weight is 545 g/mol. The zero-order valence-corrected chi connectivity index (χ0v) is 21.8. The molecule has 0 bridgehead atoms. The minimum atomic E-state index is -4.74. The number of rotatable bonds is 6. The van der Waals surface area contributed by atoms with Crippen LogP contribution in [0, 0.1) is 13.8 Å². The molecule has 0 saturated carbocycles. The summed E-state index contributed by atoms with van der Waals surface area (Å²) in [5.41, 5.74) is 7.82. The van der Waals surface area contributed by atoms with E-state index in [0.29, 0.717) is 16.5 Å². The van der Waals surface area contributed by atoms with E-state index in [2.05, 4.69) is 64.3 Å². The Labute approximate surface area is 228 Å². The van der Waals surface area contributed by atoms with Gasteiger partial charge < -0.3 is 10.1 Å². The summed E-state index contributed by atoms with van der Waals surface area (Å²) in [5.74, 6) is 0.172. The van der Waals surface area contributed by atoms with Crippen molar-refractivity contribution in [3.63, 3.8) is 0 Å². The van der Waals surface area contributed by atoms with Crippen molar-refractivity contribution in [3.05, 3.63) is 114 Å². The Hall–Kier alpha value is -4.50. The van der Waals surface area contributed by atoms with E-state index in [1.54, 1.807) is 0 Å². The van der Waals surface area contributed by atoms with Crippen molar-refractivity contribution in [1.82, 2.24) is 14.8 Å². The molecule has 1 aromatic heterocycles. The van der Waals surface area contributed by atoms with Crippen molar-refractivity contribution in [3.8, 4) is 34.0 Å². The Morgan fingerprint density at radius 3 is 2.18 bits per heavy atom. The maximum absolute atomic E-state index is 12.4. The number of thiocarbonyl (C=S) groups is 1. The van der Waals surface area contributed by atoms with Gasteiger partial charge >= 0.3 is 6.36 Å². The molecule has 39 heavy (non-hydrogen) atoms. The Bertz CT molecular complexity index is 1610. The molecule has 196 valence electrons. The second-order valence-corrected chi connectivity index (χ2v) is 9.34. The number of alkyl halides is 3. The summed E-state index contributed by atoms with van der Waals surface area (Å²) in [6.07, 6.45) is -3.24. The van der Waals surface area contributed by atoms with Crippen LogP contribution in [0.15, 0.2) is 97.3 Å². The first-order valence-corrected chi connectivity index (χ1v) is 12.4. The molecule has 0 fully saturated rings. The Balaban J connectivity index is 1.27. The first-order valence-electron chi connectivity index (χ1n) is 12.0. The predicted molar refractivity (Wildman–Crippen MR) is 150 cm³/mol. The van der Waals surface area contributed by atoms with Crippen LogP contribution in [0.1, 0.15) is 16.7 Å². The van der Waals surface area contributed by atoms with Crippen LogP contribution in [-0.4, -0.2) is 26.1 Å². The highest BCUT2D eigenvalue weighted by Gasteiger charge is 2.31. The number of nitrogens with zero attached hydrogens (tertiary/aromatic N) is 3. The van der Waals surface area contributed by atoms with E-state index in [-0.39, 0.29) is 5.75 Å². The number of ether oxygens (including phenoxy) is 1. The number of anilines is 1. The number of aromatic nitrogens is 3. The maximum Gasteiger partial charge on any atom is 0.573 e. The molecular formula is C30H23F3N4OS. The molecule has 0 unspecified atom stereocenters. The summed E-state index contributed by atoms with van der Waals surface area (Å²) in [4.78, 5) is 4.94. The van der Waals surface area contributed by atoms with Crippen LogP contribution in [0.25, 0.3) is 28.2 Å². The van der Waals surface area contributed by atoms with Crippen LogP contribution in [0.3, 0.4) is 0 Å². The third-order valence-corrected chi connectivity index (χ3v) is 6.46. The van der Waals surface area contributed by atoms with Crippen LogP contribution in [0.2, 0.25) is 0 Å². The van der Waals surface area contributed by atoms with Gasteiger partial charge in [-0.05, 0) is 90.7 Å². The van der Waals surface area contributed by atoms with Gasteiger partial charge in [0.05, 0.1) is 5.69 Å². The van der Waals surface area contributed by atoms with Gasteiger partial charge in [0.2, 0.25) is 0 Å². The topological polar surface area (TPSA) is 52.0 Å². The van der Waals surface area contributed by atoms with Gasteiger partial charge in [-0.3, -0.25) is 0 Å². The number of hydrogen-bond acceptors (Lipinski definition) is 4. The molecule has 0 radical (unpaired) electrons. The molecule has 0 atom stereocenters. The maximum atomic E-state index is 12.4. The third-order valence-electron chi connectivity index (χ3n) is 6.12. The molecule has 0 amide bonds. The summed E-state index contributed by atoms with van der Waals surface area (Å²) in [6, 6.07) is 27.4. The van der Waals surface area contributed by atoms with Crippen molar-refractivity contribution in [2.45, 2.75) is 20.2 Å². The average Bonchev–Trinajstić information content (AvgIpc) is 3.39. The quantitative estimate of drug-likeness (QED) is 0.220. The highest BCUT2D eigenvalue weighted by molar-refractivity contribution is 7.81. The SMILES string of the molecule is Cc1cccc(C)c1-c1cccc(C(=S)Nc2ccc(-c3ncn(-c4ccc(OC(F)(F)F)cc4)n3)cc2)c1. The van der Waals surface area contributed by atoms with Gasteiger partial charge in [0.1, 0.15) is 17.1 Å². The standard InChI is InChI=1S/C30H23F3N4OS/c1-19-5-3-6-20(2)27(19)22-7-4-8-23(17-22)29(39)35-24-11-9-21(10-12-24)28-34-18-37(36-28)25-13-15-26(16-14-25)38-30(31,32)33/h3-18H,1-2H3,(H,35,39). The zero-order valence-electron chi connectivity index (χ0n) is 21.0. The highest BCUT2D eigenvalue weighted by atomic mass is 32.1. The van der Waals surface area contributed by atoms with Gasteiger partial charge in [0, 0.05) is 16.8 Å². The van der Waals surface area contributed by atoms with E-state index >= 15 is 0 Å². The first kappa shape index (κ1) is 26.1. The molecule has 5 aromatic rings. The van der Waals surface area contributed by atoms with Crippen molar-refractivity contribution in [2.75, 3.05) is 5.32 Å². The minimum absolute atomic E-state index is 0.301. The van der Waals surface area contributed by atoms with E-state index in [4.69, 9.17) is 12.2 Å². The predicted octanol–water partition coefficient (Wildman–Crippen LogP) is 7.90. The fourth-order valence-corrected chi connectivity index (χ4v) is 4.56. The van der Waals surface area contributed by atoms with Gasteiger partial charge in [-0.1, -0.05) is 48.6 Å². The smallest absolute Gasteiger partial charge is 0.406 e. The number of benzene rings is 4. The number of aryl methyl sites for hydroxylation is 2. The Kier molecular flexibility index (Phi) is 7.17. The molecule has 0 saturated heterocycles. The van der Waals surface area contributed by atoms with Gasteiger partial charge in [0.25, 0.3) is 0 Å². The highest BCUT2D eigenvalue weighted by Crippen LogP contribution is 2.28. The molecule has 5 rings (SSSR count). The molecule has 0 spiro atoms. The zero-order chi connectivity index (χ0) is 27.6. The van der Waals surface area contributed by atoms with Crippen LogP contribution in [0.5, 0.6) is 5.75 Å². The molecule has 1 heterocycles. The van der Waals surface area contributed by atoms with Crippen molar-refractivity contribution in [1.29, 1.82) is 0 Å². The minimum Gasteiger partial charge on any atom is -0.406 e. The summed E-state index contributed by atoms with van der Waals surface area (Å²) < 4.78 is 42.5. The van der Waals surface area contributed by atoms with Crippen LogP contribution < -0.4 is 10.1 Å². The summed E-state index contributed by atoms with van der Waals surface area (Å²) in [7, 11) is 0. The molecule has 0 aliphatic rings. The van der Waals surface area contributed by atoms with E-state index in [9.17, 15) is 13.2 Å². The number of nitrogens with one attached hydrogen (secondary N) is 1. The van der Waals surface area contributed by atoms with Crippen LogP contribution in [-0.2, 0) is 0 Å². The van der Waals surface area contributed by atoms with E-state index in [1.807, 2.05) is 36.4 Å². The van der Waals surface area contributed by atoms with E-state index in [1.165, 1.54) is 52.0 Å². The largest absolute Gasteiger partial charge is 0.573 e. The fourth-order valence-electron chi connectivity index (χ4n) is 4.31. The van der Waals surface area contributed by atoms with E-state index < -0.39 is 6.36 Å². The summed E-state index contributed by atoms with van der Waals surface area (Å²) >= 11 is 5.69. The lowest BCUT2D eigenvalue weighted by Gasteiger charge is -2.13. The van der Waals surface area contributed by atoms with Gasteiger partial charge in [-0.15, -0.1) is 18.3 Å². The molecule has 0 aliphatic carbocycles. The van der Waals surface area contributed by atoms with Crippen molar-refractivity contribution >= 4 is 22.9 Å². The van der Waals surface area contributed by atoms with E-state index in [0.717, 1.165) is 22.4 Å². The molecule has 0 aliphatic heterocycles. The second kappa shape index (κ2) is 10.7. The van der Waals surface area contributed by atoms with Gasteiger partial charge in [-0.25, -0.2) is 9.67 Å². The lowest BCUT2D eigenvalue weighted by molar-refractivity contribution is -0.274. The second-order valence-electron chi connectivity index (χ2n) is 8.93. The molecular weight excluding hydrogens is 521 g/mol. The monoisotopic (exact) mass is 544 g/mol. The van der Waals surface area contributed by atoms with Gasteiger partial charge in [0.15, 0.2) is 5.82 Å². The third kappa shape index (κ3) is 6.15.